The first-order valence-electron chi connectivity index (χ1n) is 7.07. The van der Waals surface area contributed by atoms with Gasteiger partial charge in [-0.15, -0.1) is 12.4 Å². The van der Waals surface area contributed by atoms with Crippen molar-refractivity contribution in [1.29, 1.82) is 0 Å². The summed E-state index contributed by atoms with van der Waals surface area (Å²) in [6.45, 7) is 0. The SMILES string of the molecule is CN(C1CC2CCC(C1)N2)S(=O)(=O)c1cc(Cl)ccc1Cl.Cl. The third-order valence-electron chi connectivity index (χ3n) is 4.51. The molecular formula is C14H19Cl3N2O2S. The molecule has 2 bridgehead atoms. The van der Waals surface area contributed by atoms with Crippen molar-refractivity contribution in [3.05, 3.63) is 28.2 Å². The summed E-state index contributed by atoms with van der Waals surface area (Å²) in [6.07, 6.45) is 3.97. The molecule has 0 aliphatic carbocycles. The highest BCUT2D eigenvalue weighted by molar-refractivity contribution is 7.89. The van der Waals surface area contributed by atoms with Gasteiger partial charge in [0.25, 0.3) is 0 Å². The number of nitrogens with zero attached hydrogens (tertiary/aromatic N) is 1. The minimum atomic E-state index is -3.62. The highest BCUT2D eigenvalue weighted by Crippen LogP contribution is 2.33. The second-order valence-corrected chi connectivity index (χ2v) is 8.67. The van der Waals surface area contributed by atoms with Crippen LogP contribution in [0.3, 0.4) is 0 Å². The molecule has 1 aromatic carbocycles. The van der Waals surface area contributed by atoms with Crippen LogP contribution < -0.4 is 5.32 Å². The zero-order valence-corrected chi connectivity index (χ0v) is 15.3. The topological polar surface area (TPSA) is 49.4 Å². The molecule has 0 amide bonds. The Morgan fingerprint density at radius 1 is 1.18 bits per heavy atom. The van der Waals surface area contributed by atoms with Crippen molar-refractivity contribution in [2.45, 2.75) is 48.7 Å². The molecule has 3 rings (SSSR count). The van der Waals surface area contributed by atoms with Gasteiger partial charge in [-0.2, -0.15) is 4.31 Å². The molecule has 1 N–H and O–H groups in total. The van der Waals surface area contributed by atoms with Crippen LogP contribution in [0.1, 0.15) is 25.7 Å². The molecule has 0 saturated carbocycles. The fraction of sp³-hybridized carbons (Fsp3) is 0.571. The Labute approximate surface area is 147 Å². The number of nitrogens with one attached hydrogen (secondary N) is 1. The molecule has 2 saturated heterocycles. The standard InChI is InChI=1S/C14H18Cl2N2O2S.ClH/c1-18(12-7-10-3-4-11(8-12)17-10)21(19,20)14-6-9(15)2-5-13(14)16;/h2,5-6,10-12,17H,3-4,7-8H2,1H3;1H. The predicted octanol–water partition coefficient (Wildman–Crippen LogP) is 3.32. The Balaban J connectivity index is 0.00000176. The van der Waals surface area contributed by atoms with E-state index in [2.05, 4.69) is 5.32 Å². The lowest BCUT2D eigenvalue weighted by molar-refractivity contribution is 0.251. The molecule has 124 valence electrons. The van der Waals surface area contributed by atoms with E-state index in [1.54, 1.807) is 13.1 Å². The van der Waals surface area contributed by atoms with Crippen LogP contribution in [0, 0.1) is 0 Å². The maximum absolute atomic E-state index is 12.8. The summed E-state index contributed by atoms with van der Waals surface area (Å²) in [5, 5.41) is 4.10. The summed E-state index contributed by atoms with van der Waals surface area (Å²) in [7, 11) is -1.98. The summed E-state index contributed by atoms with van der Waals surface area (Å²) >= 11 is 12.0. The first-order valence-corrected chi connectivity index (χ1v) is 9.26. The van der Waals surface area contributed by atoms with E-state index in [4.69, 9.17) is 23.2 Å². The van der Waals surface area contributed by atoms with Crippen LogP contribution in [0.2, 0.25) is 10.0 Å². The lowest BCUT2D eigenvalue weighted by atomic mass is 10.0. The van der Waals surface area contributed by atoms with E-state index in [0.717, 1.165) is 25.7 Å². The van der Waals surface area contributed by atoms with Gasteiger partial charge in [0.2, 0.25) is 10.0 Å². The third-order valence-corrected chi connectivity index (χ3v) is 7.14. The molecule has 0 aromatic heterocycles. The predicted molar refractivity (Wildman–Crippen MR) is 91.6 cm³/mol. The lowest BCUT2D eigenvalue weighted by Crippen LogP contribution is -2.48. The van der Waals surface area contributed by atoms with Crippen molar-refractivity contribution in [3.63, 3.8) is 0 Å². The summed E-state index contributed by atoms with van der Waals surface area (Å²) in [6, 6.07) is 5.42. The highest BCUT2D eigenvalue weighted by atomic mass is 35.5. The van der Waals surface area contributed by atoms with Crippen molar-refractivity contribution < 1.29 is 8.42 Å². The Kier molecular flexibility index (Phi) is 5.68. The van der Waals surface area contributed by atoms with Crippen molar-refractivity contribution in [1.82, 2.24) is 9.62 Å². The minimum absolute atomic E-state index is 0. The first kappa shape index (κ1) is 18.3. The number of benzene rings is 1. The highest BCUT2D eigenvalue weighted by Gasteiger charge is 2.39. The lowest BCUT2D eigenvalue weighted by Gasteiger charge is -2.35. The van der Waals surface area contributed by atoms with Gasteiger partial charge in [-0.05, 0) is 43.9 Å². The van der Waals surface area contributed by atoms with Gasteiger partial charge >= 0.3 is 0 Å². The molecule has 1 aromatic rings. The average molecular weight is 386 g/mol. The smallest absolute Gasteiger partial charge is 0.244 e. The van der Waals surface area contributed by atoms with E-state index in [1.165, 1.54) is 16.4 Å². The molecule has 2 aliphatic rings. The van der Waals surface area contributed by atoms with Gasteiger partial charge in [0.1, 0.15) is 4.90 Å². The zero-order valence-electron chi connectivity index (χ0n) is 12.1. The molecule has 2 heterocycles. The zero-order chi connectivity index (χ0) is 15.2. The second-order valence-electron chi connectivity index (χ2n) is 5.86. The van der Waals surface area contributed by atoms with Gasteiger partial charge in [0, 0.05) is 30.2 Å². The summed E-state index contributed by atoms with van der Waals surface area (Å²) < 4.78 is 27.1. The van der Waals surface area contributed by atoms with Gasteiger partial charge < -0.3 is 5.32 Å². The molecule has 2 fully saturated rings. The van der Waals surface area contributed by atoms with E-state index in [0.29, 0.717) is 17.1 Å². The van der Waals surface area contributed by atoms with Crippen LogP contribution in [0.4, 0.5) is 0 Å². The third kappa shape index (κ3) is 3.40. The Morgan fingerprint density at radius 3 is 2.36 bits per heavy atom. The first-order chi connectivity index (χ1) is 9.88. The number of hydrogen-bond acceptors (Lipinski definition) is 3. The van der Waals surface area contributed by atoms with E-state index < -0.39 is 10.0 Å². The Hall–Kier alpha value is -0.0400. The van der Waals surface area contributed by atoms with Crippen LogP contribution in [-0.4, -0.2) is 37.9 Å². The van der Waals surface area contributed by atoms with Crippen LogP contribution in [0.15, 0.2) is 23.1 Å². The molecular weight excluding hydrogens is 367 g/mol. The van der Waals surface area contributed by atoms with Crippen molar-refractivity contribution in [2.24, 2.45) is 0 Å². The molecule has 0 spiro atoms. The van der Waals surface area contributed by atoms with Crippen molar-refractivity contribution in [3.8, 4) is 0 Å². The van der Waals surface area contributed by atoms with Gasteiger partial charge in [0.05, 0.1) is 5.02 Å². The summed E-state index contributed by atoms with van der Waals surface area (Å²) in [4.78, 5) is 0.0880. The largest absolute Gasteiger partial charge is 0.311 e. The van der Waals surface area contributed by atoms with Crippen LogP contribution in [0.5, 0.6) is 0 Å². The summed E-state index contributed by atoms with van der Waals surface area (Å²) in [5.41, 5.74) is 0. The Bertz CT molecular complexity index is 641. The van der Waals surface area contributed by atoms with Crippen LogP contribution in [0.25, 0.3) is 0 Å². The Morgan fingerprint density at radius 2 is 1.77 bits per heavy atom. The van der Waals surface area contributed by atoms with Crippen LogP contribution in [-0.2, 0) is 10.0 Å². The maximum atomic E-state index is 12.8. The van der Waals surface area contributed by atoms with Gasteiger partial charge in [-0.3, -0.25) is 0 Å². The molecule has 22 heavy (non-hydrogen) atoms. The molecule has 4 nitrogen and oxygen atoms in total. The molecule has 0 radical (unpaired) electrons. The van der Waals surface area contributed by atoms with E-state index in [1.807, 2.05) is 0 Å². The number of rotatable bonds is 3. The molecule has 8 heteroatoms. The fourth-order valence-corrected chi connectivity index (χ4v) is 5.46. The molecule has 2 atom stereocenters. The van der Waals surface area contributed by atoms with E-state index >= 15 is 0 Å². The number of piperidine rings is 1. The van der Waals surface area contributed by atoms with Crippen LogP contribution >= 0.6 is 35.6 Å². The van der Waals surface area contributed by atoms with Gasteiger partial charge in [-0.1, -0.05) is 23.2 Å². The van der Waals surface area contributed by atoms with Crippen molar-refractivity contribution >= 4 is 45.6 Å². The minimum Gasteiger partial charge on any atom is -0.311 e. The number of fused-ring (bicyclic) bond motifs is 2. The normalized spacial score (nSPS) is 27.7. The number of hydrogen-bond donors (Lipinski definition) is 1. The fourth-order valence-electron chi connectivity index (χ4n) is 3.35. The summed E-state index contributed by atoms with van der Waals surface area (Å²) in [5.74, 6) is 0. The van der Waals surface area contributed by atoms with Crippen molar-refractivity contribution in [2.75, 3.05) is 7.05 Å². The average Bonchev–Trinajstić information content (AvgIpc) is 2.79. The molecule has 2 unspecified atom stereocenters. The van der Waals surface area contributed by atoms with E-state index in [9.17, 15) is 8.42 Å². The monoisotopic (exact) mass is 384 g/mol. The second kappa shape index (κ2) is 6.83. The van der Waals surface area contributed by atoms with E-state index in [-0.39, 0.29) is 28.4 Å². The quantitative estimate of drug-likeness (QED) is 0.868. The number of halogens is 3. The number of sulfonamides is 1. The van der Waals surface area contributed by atoms with Gasteiger partial charge in [0.15, 0.2) is 0 Å². The molecule has 2 aliphatic heterocycles. The maximum Gasteiger partial charge on any atom is 0.244 e. The van der Waals surface area contributed by atoms with Gasteiger partial charge in [-0.25, -0.2) is 8.42 Å².